The summed E-state index contributed by atoms with van der Waals surface area (Å²) in [4.78, 5) is 23.1. The zero-order valence-electron chi connectivity index (χ0n) is 12.3. The number of carbonyl (C=O) groups is 2. The predicted octanol–water partition coefficient (Wildman–Crippen LogP) is 1.58. The van der Waals surface area contributed by atoms with Gasteiger partial charge in [0, 0.05) is 11.1 Å². The molecule has 0 spiro atoms. The normalized spacial score (nSPS) is 10.3. The lowest BCUT2D eigenvalue weighted by Crippen LogP contribution is -2.18. The Bertz CT molecular complexity index is 726. The van der Waals surface area contributed by atoms with Crippen molar-refractivity contribution >= 4 is 18.0 Å². The molecule has 0 heterocycles. The van der Waals surface area contributed by atoms with E-state index < -0.39 is 5.91 Å². The number of hydrogen-bond acceptors (Lipinski definition) is 5. The van der Waals surface area contributed by atoms with Crippen molar-refractivity contribution in [3.8, 4) is 5.75 Å². The molecule has 0 unspecified atom stereocenters. The molecule has 0 radical (unpaired) electrons. The smallest absolute Gasteiger partial charge is 0.274 e. The first-order valence-electron chi connectivity index (χ1n) is 6.66. The second-order valence-electron chi connectivity index (χ2n) is 4.49. The van der Waals surface area contributed by atoms with E-state index in [4.69, 9.17) is 9.94 Å². The Labute approximate surface area is 132 Å². The highest BCUT2D eigenvalue weighted by atomic mass is 16.5. The molecule has 2 aromatic rings. The Morgan fingerprint density at radius 3 is 2.48 bits per heavy atom. The molecule has 0 aliphatic rings. The molecule has 2 amide bonds. The first-order valence-corrected chi connectivity index (χ1v) is 6.66. The van der Waals surface area contributed by atoms with Gasteiger partial charge in [0.05, 0.1) is 13.3 Å². The molecule has 0 fully saturated rings. The average molecular weight is 313 g/mol. The topological polar surface area (TPSA) is 100 Å². The third-order valence-corrected chi connectivity index (χ3v) is 2.99. The number of ether oxygens (including phenoxy) is 1. The number of rotatable bonds is 5. The lowest BCUT2D eigenvalue weighted by Gasteiger charge is -2.03. The average Bonchev–Trinajstić information content (AvgIpc) is 2.61. The molecule has 2 rings (SSSR count). The molecule has 2 aromatic carbocycles. The van der Waals surface area contributed by atoms with Crippen molar-refractivity contribution in [2.24, 2.45) is 5.10 Å². The molecule has 0 aliphatic heterocycles. The van der Waals surface area contributed by atoms with Crippen LogP contribution >= 0.6 is 0 Å². The molecule has 23 heavy (non-hydrogen) atoms. The number of hydrazone groups is 1. The number of amides is 2. The molecule has 7 heteroatoms. The van der Waals surface area contributed by atoms with Gasteiger partial charge in [0.1, 0.15) is 5.75 Å². The van der Waals surface area contributed by atoms with E-state index in [2.05, 4.69) is 10.5 Å². The molecule has 118 valence electrons. The number of methoxy groups -OCH3 is 1. The lowest BCUT2D eigenvalue weighted by molar-refractivity contribution is 0.0706. The van der Waals surface area contributed by atoms with Crippen molar-refractivity contribution in [3.05, 3.63) is 65.2 Å². The van der Waals surface area contributed by atoms with E-state index in [1.807, 2.05) is 0 Å². The summed E-state index contributed by atoms with van der Waals surface area (Å²) in [6.07, 6.45) is 1.44. The van der Waals surface area contributed by atoms with Gasteiger partial charge in [-0.3, -0.25) is 14.8 Å². The minimum Gasteiger partial charge on any atom is -0.497 e. The van der Waals surface area contributed by atoms with Crippen molar-refractivity contribution in [2.75, 3.05) is 7.11 Å². The molecular formula is C16H15N3O4. The third kappa shape index (κ3) is 4.39. The van der Waals surface area contributed by atoms with Crippen molar-refractivity contribution in [1.82, 2.24) is 10.9 Å². The van der Waals surface area contributed by atoms with Crippen LogP contribution in [-0.2, 0) is 0 Å². The lowest BCUT2D eigenvalue weighted by atomic mass is 10.1. The summed E-state index contributed by atoms with van der Waals surface area (Å²) in [7, 11) is 1.52. The van der Waals surface area contributed by atoms with E-state index >= 15 is 0 Å². The first kappa shape index (κ1) is 16.2. The van der Waals surface area contributed by atoms with Crippen molar-refractivity contribution in [1.29, 1.82) is 0 Å². The van der Waals surface area contributed by atoms with Gasteiger partial charge in [0.2, 0.25) is 0 Å². The fraction of sp³-hybridized carbons (Fsp3) is 0.0625. The van der Waals surface area contributed by atoms with Gasteiger partial charge < -0.3 is 4.74 Å². The fourth-order valence-corrected chi connectivity index (χ4v) is 1.78. The molecule has 7 nitrogen and oxygen atoms in total. The van der Waals surface area contributed by atoms with E-state index in [1.54, 1.807) is 41.9 Å². The highest BCUT2D eigenvalue weighted by molar-refractivity contribution is 5.96. The van der Waals surface area contributed by atoms with Crippen LogP contribution in [0.4, 0.5) is 0 Å². The van der Waals surface area contributed by atoms with Crippen LogP contribution in [0.5, 0.6) is 5.75 Å². The largest absolute Gasteiger partial charge is 0.497 e. The number of nitrogens with one attached hydrogen (secondary N) is 2. The molecule has 0 atom stereocenters. The third-order valence-electron chi connectivity index (χ3n) is 2.99. The summed E-state index contributed by atoms with van der Waals surface area (Å²) >= 11 is 0. The van der Waals surface area contributed by atoms with Crippen LogP contribution in [0.1, 0.15) is 26.3 Å². The quantitative estimate of drug-likeness (QED) is 0.443. The number of nitrogens with zero attached hydrogens (tertiary/aromatic N) is 1. The Morgan fingerprint density at radius 2 is 1.83 bits per heavy atom. The summed E-state index contributed by atoms with van der Waals surface area (Å²) in [5.74, 6) is -0.379. The van der Waals surface area contributed by atoms with Gasteiger partial charge in [-0.05, 0) is 35.9 Å². The van der Waals surface area contributed by atoms with E-state index in [0.717, 1.165) is 0 Å². The van der Waals surface area contributed by atoms with Crippen LogP contribution in [-0.4, -0.2) is 30.3 Å². The second kappa shape index (κ2) is 7.71. The van der Waals surface area contributed by atoms with Gasteiger partial charge in [-0.1, -0.05) is 18.2 Å². The molecule has 0 aliphatic carbocycles. The van der Waals surface area contributed by atoms with Crippen LogP contribution in [0.15, 0.2) is 53.6 Å². The zero-order chi connectivity index (χ0) is 16.7. The van der Waals surface area contributed by atoms with Gasteiger partial charge in [-0.25, -0.2) is 10.9 Å². The van der Waals surface area contributed by atoms with Crippen molar-refractivity contribution in [2.45, 2.75) is 0 Å². The Hall–Kier alpha value is -3.19. The molecular weight excluding hydrogens is 298 g/mol. The molecule has 3 N–H and O–H groups in total. The standard InChI is InChI=1S/C16H15N3O4/c1-23-14-4-2-3-13(9-14)15(20)18-17-10-11-5-7-12(8-6-11)16(21)19-22/h2-10,22H,1H3,(H,18,20)(H,19,21). The fourth-order valence-electron chi connectivity index (χ4n) is 1.78. The van der Waals surface area contributed by atoms with E-state index in [9.17, 15) is 9.59 Å². The summed E-state index contributed by atoms with van der Waals surface area (Å²) in [6.45, 7) is 0. The van der Waals surface area contributed by atoms with E-state index in [-0.39, 0.29) is 5.91 Å². The maximum absolute atomic E-state index is 11.9. The van der Waals surface area contributed by atoms with Crippen LogP contribution in [0, 0.1) is 0 Å². The predicted molar refractivity (Wildman–Crippen MR) is 83.7 cm³/mol. The maximum atomic E-state index is 11.9. The summed E-state index contributed by atoms with van der Waals surface area (Å²) in [6, 6.07) is 13.0. The van der Waals surface area contributed by atoms with Crippen molar-refractivity contribution < 1.29 is 19.5 Å². The highest BCUT2D eigenvalue weighted by Crippen LogP contribution is 2.12. The number of hydrogen-bond donors (Lipinski definition) is 3. The molecule has 0 bridgehead atoms. The Morgan fingerprint density at radius 1 is 1.09 bits per heavy atom. The van der Waals surface area contributed by atoms with Gasteiger partial charge in [0.15, 0.2) is 0 Å². The van der Waals surface area contributed by atoms with Gasteiger partial charge in [-0.15, -0.1) is 0 Å². The van der Waals surface area contributed by atoms with Crippen LogP contribution < -0.4 is 15.6 Å². The van der Waals surface area contributed by atoms with E-state index in [0.29, 0.717) is 22.4 Å². The van der Waals surface area contributed by atoms with Crippen molar-refractivity contribution in [3.63, 3.8) is 0 Å². The molecule has 0 saturated heterocycles. The van der Waals surface area contributed by atoms with Crippen LogP contribution in [0.25, 0.3) is 0 Å². The maximum Gasteiger partial charge on any atom is 0.274 e. The molecule has 0 saturated carbocycles. The Balaban J connectivity index is 1.98. The summed E-state index contributed by atoms with van der Waals surface area (Å²) in [5, 5.41) is 12.4. The Kier molecular flexibility index (Phi) is 5.43. The number of benzene rings is 2. The summed E-state index contributed by atoms with van der Waals surface area (Å²) in [5.41, 5.74) is 5.37. The second-order valence-corrected chi connectivity index (χ2v) is 4.49. The number of hydroxylamine groups is 1. The zero-order valence-corrected chi connectivity index (χ0v) is 12.3. The number of carbonyl (C=O) groups excluding carboxylic acids is 2. The van der Waals surface area contributed by atoms with Gasteiger partial charge >= 0.3 is 0 Å². The minimum atomic E-state index is -0.597. The van der Waals surface area contributed by atoms with Crippen LogP contribution in [0.3, 0.4) is 0 Å². The van der Waals surface area contributed by atoms with Gasteiger partial charge in [-0.2, -0.15) is 5.10 Å². The van der Waals surface area contributed by atoms with Gasteiger partial charge in [0.25, 0.3) is 11.8 Å². The highest BCUT2D eigenvalue weighted by Gasteiger charge is 2.05. The van der Waals surface area contributed by atoms with E-state index in [1.165, 1.54) is 25.5 Å². The van der Waals surface area contributed by atoms with Crippen LogP contribution in [0.2, 0.25) is 0 Å². The first-order chi connectivity index (χ1) is 11.1. The minimum absolute atomic E-state index is 0.310. The molecule has 0 aromatic heterocycles. The SMILES string of the molecule is COc1cccc(C(=O)NN=Cc2ccc(C(=O)NO)cc2)c1. The monoisotopic (exact) mass is 313 g/mol. The summed E-state index contributed by atoms with van der Waals surface area (Å²) < 4.78 is 5.05.